The Morgan fingerprint density at radius 1 is 1.50 bits per heavy atom. The fourth-order valence-electron chi connectivity index (χ4n) is 2.57. The van der Waals surface area contributed by atoms with E-state index in [1.54, 1.807) is 6.20 Å². The molecule has 0 bridgehead atoms. The van der Waals surface area contributed by atoms with Crippen molar-refractivity contribution in [3.05, 3.63) is 24.0 Å². The highest BCUT2D eigenvalue weighted by molar-refractivity contribution is 5.92. The first-order valence-electron chi connectivity index (χ1n) is 7.61. The van der Waals surface area contributed by atoms with Gasteiger partial charge in [0, 0.05) is 19.6 Å². The average molecular weight is 275 g/mol. The molecule has 110 valence electrons. The second kappa shape index (κ2) is 6.73. The summed E-state index contributed by atoms with van der Waals surface area (Å²) < 4.78 is 0. The largest absolute Gasteiger partial charge is 0.384 e. The molecule has 0 spiro atoms. The lowest BCUT2D eigenvalue weighted by Crippen LogP contribution is -2.30. The number of anilines is 1. The predicted octanol–water partition coefficient (Wildman–Crippen LogP) is 3.02. The summed E-state index contributed by atoms with van der Waals surface area (Å²) in [6.45, 7) is 9.23. The Labute approximate surface area is 121 Å². The van der Waals surface area contributed by atoms with Gasteiger partial charge in [-0.3, -0.25) is 4.79 Å². The molecule has 2 rings (SSSR count). The second-order valence-electron chi connectivity index (χ2n) is 5.90. The smallest absolute Gasteiger partial charge is 0.272 e. The minimum absolute atomic E-state index is 0.0650. The molecule has 1 aromatic rings. The number of carbonyl (C=O) groups is 1. The summed E-state index contributed by atoms with van der Waals surface area (Å²) >= 11 is 0. The lowest BCUT2D eigenvalue weighted by Gasteiger charge is -2.17. The molecular formula is C16H25N3O. The van der Waals surface area contributed by atoms with Gasteiger partial charge < -0.3 is 10.2 Å². The molecule has 0 aliphatic carbocycles. The van der Waals surface area contributed by atoms with Crippen molar-refractivity contribution in [3.63, 3.8) is 0 Å². The van der Waals surface area contributed by atoms with Gasteiger partial charge in [-0.2, -0.15) is 0 Å². The number of nitrogens with one attached hydrogen (secondary N) is 1. The molecule has 0 aromatic carbocycles. The zero-order chi connectivity index (χ0) is 14.5. The highest BCUT2D eigenvalue weighted by Crippen LogP contribution is 2.24. The fraction of sp³-hybridized carbons (Fsp3) is 0.625. The molecule has 1 aliphatic rings. The normalized spacial score (nSPS) is 18.6. The van der Waals surface area contributed by atoms with E-state index in [-0.39, 0.29) is 5.91 Å². The molecule has 1 atom stereocenters. The van der Waals surface area contributed by atoms with Crippen LogP contribution < -0.4 is 5.32 Å². The van der Waals surface area contributed by atoms with E-state index in [0.717, 1.165) is 38.2 Å². The molecular weight excluding hydrogens is 250 g/mol. The Hall–Kier alpha value is -1.58. The zero-order valence-electron chi connectivity index (χ0n) is 12.7. The summed E-state index contributed by atoms with van der Waals surface area (Å²) in [5.41, 5.74) is 1.53. The van der Waals surface area contributed by atoms with E-state index < -0.39 is 0 Å². The van der Waals surface area contributed by atoms with Crippen molar-refractivity contribution < 1.29 is 4.79 Å². The van der Waals surface area contributed by atoms with Crippen molar-refractivity contribution in [2.24, 2.45) is 11.8 Å². The van der Waals surface area contributed by atoms with Crippen LogP contribution in [0.5, 0.6) is 0 Å². The van der Waals surface area contributed by atoms with Gasteiger partial charge in [0.15, 0.2) is 0 Å². The highest BCUT2D eigenvalue weighted by atomic mass is 16.2. The van der Waals surface area contributed by atoms with Gasteiger partial charge in [-0.05, 0) is 36.8 Å². The number of nitrogens with zero attached hydrogens (tertiary/aromatic N) is 2. The van der Waals surface area contributed by atoms with Crippen molar-refractivity contribution in [1.29, 1.82) is 0 Å². The molecule has 1 amide bonds. The van der Waals surface area contributed by atoms with Gasteiger partial charge >= 0.3 is 0 Å². The molecule has 4 nitrogen and oxygen atoms in total. The van der Waals surface area contributed by atoms with Crippen molar-refractivity contribution in [1.82, 2.24) is 9.88 Å². The Balaban J connectivity index is 1.96. The zero-order valence-corrected chi connectivity index (χ0v) is 12.7. The standard InChI is InChI=1S/C16H25N3O/c1-4-8-17-14-5-6-15(18-10-14)16(20)19-9-7-13(11-19)12(2)3/h5-6,10,12-13,17H,4,7-9,11H2,1-3H3. The van der Waals surface area contributed by atoms with E-state index in [0.29, 0.717) is 17.5 Å². The fourth-order valence-corrected chi connectivity index (χ4v) is 2.57. The third kappa shape index (κ3) is 3.50. The van der Waals surface area contributed by atoms with Gasteiger partial charge in [-0.15, -0.1) is 0 Å². The van der Waals surface area contributed by atoms with Gasteiger partial charge in [-0.1, -0.05) is 20.8 Å². The van der Waals surface area contributed by atoms with Crippen LogP contribution in [0.3, 0.4) is 0 Å². The molecule has 20 heavy (non-hydrogen) atoms. The number of carbonyl (C=O) groups excluding carboxylic acids is 1. The third-order valence-electron chi connectivity index (χ3n) is 4.02. The number of likely N-dealkylation sites (tertiary alicyclic amines) is 1. The number of hydrogen-bond acceptors (Lipinski definition) is 3. The van der Waals surface area contributed by atoms with E-state index in [2.05, 4.69) is 31.1 Å². The topological polar surface area (TPSA) is 45.2 Å². The molecule has 0 radical (unpaired) electrons. The maximum absolute atomic E-state index is 12.4. The Morgan fingerprint density at radius 2 is 2.30 bits per heavy atom. The summed E-state index contributed by atoms with van der Waals surface area (Å²) in [6, 6.07) is 3.76. The summed E-state index contributed by atoms with van der Waals surface area (Å²) in [5.74, 6) is 1.33. The van der Waals surface area contributed by atoms with Gasteiger partial charge in [0.1, 0.15) is 5.69 Å². The van der Waals surface area contributed by atoms with Crippen molar-refractivity contribution in [3.8, 4) is 0 Å². The molecule has 1 N–H and O–H groups in total. The second-order valence-corrected chi connectivity index (χ2v) is 5.90. The van der Waals surface area contributed by atoms with E-state index in [1.807, 2.05) is 17.0 Å². The van der Waals surface area contributed by atoms with Crippen LogP contribution in [-0.2, 0) is 0 Å². The lowest BCUT2D eigenvalue weighted by molar-refractivity contribution is 0.0778. The van der Waals surface area contributed by atoms with Crippen LogP contribution in [0, 0.1) is 11.8 Å². The van der Waals surface area contributed by atoms with E-state index in [1.165, 1.54) is 0 Å². The molecule has 4 heteroatoms. The third-order valence-corrected chi connectivity index (χ3v) is 4.02. The van der Waals surface area contributed by atoms with Crippen LogP contribution in [-0.4, -0.2) is 35.4 Å². The first-order valence-corrected chi connectivity index (χ1v) is 7.61. The van der Waals surface area contributed by atoms with Gasteiger partial charge in [0.05, 0.1) is 11.9 Å². The average Bonchev–Trinajstić information content (AvgIpc) is 2.95. The maximum atomic E-state index is 12.4. The number of amides is 1. The SMILES string of the molecule is CCCNc1ccc(C(=O)N2CCC(C(C)C)C2)nc1. The lowest BCUT2D eigenvalue weighted by atomic mass is 9.95. The molecule has 1 aliphatic heterocycles. The van der Waals surface area contributed by atoms with Gasteiger partial charge in [0.25, 0.3) is 5.91 Å². The Morgan fingerprint density at radius 3 is 2.85 bits per heavy atom. The summed E-state index contributed by atoms with van der Waals surface area (Å²) in [5, 5.41) is 3.26. The van der Waals surface area contributed by atoms with E-state index in [9.17, 15) is 4.79 Å². The molecule has 0 saturated carbocycles. The monoisotopic (exact) mass is 275 g/mol. The van der Waals surface area contributed by atoms with Crippen LogP contribution >= 0.6 is 0 Å². The Bertz CT molecular complexity index is 442. The van der Waals surface area contributed by atoms with Crippen LogP contribution in [0.2, 0.25) is 0 Å². The van der Waals surface area contributed by atoms with Gasteiger partial charge in [0.2, 0.25) is 0 Å². The first kappa shape index (κ1) is 14.8. The van der Waals surface area contributed by atoms with Crippen LogP contribution in [0.1, 0.15) is 44.1 Å². The maximum Gasteiger partial charge on any atom is 0.272 e. The van der Waals surface area contributed by atoms with Crippen LogP contribution in [0.15, 0.2) is 18.3 Å². The molecule has 1 unspecified atom stereocenters. The minimum Gasteiger partial charge on any atom is -0.384 e. The highest BCUT2D eigenvalue weighted by Gasteiger charge is 2.29. The van der Waals surface area contributed by atoms with Crippen molar-refractivity contribution >= 4 is 11.6 Å². The van der Waals surface area contributed by atoms with E-state index in [4.69, 9.17) is 0 Å². The number of rotatable bonds is 5. The van der Waals surface area contributed by atoms with Crippen molar-refractivity contribution in [2.75, 3.05) is 25.0 Å². The van der Waals surface area contributed by atoms with Crippen LogP contribution in [0.25, 0.3) is 0 Å². The number of hydrogen-bond donors (Lipinski definition) is 1. The number of aromatic nitrogens is 1. The molecule has 1 saturated heterocycles. The summed E-state index contributed by atoms with van der Waals surface area (Å²) in [7, 11) is 0. The minimum atomic E-state index is 0.0650. The Kier molecular flexibility index (Phi) is 4.99. The van der Waals surface area contributed by atoms with Crippen LogP contribution in [0.4, 0.5) is 5.69 Å². The van der Waals surface area contributed by atoms with E-state index >= 15 is 0 Å². The number of pyridine rings is 1. The summed E-state index contributed by atoms with van der Waals surface area (Å²) in [4.78, 5) is 18.6. The predicted molar refractivity (Wildman–Crippen MR) is 81.9 cm³/mol. The summed E-state index contributed by atoms with van der Waals surface area (Å²) in [6.07, 6.45) is 3.93. The van der Waals surface area contributed by atoms with Gasteiger partial charge in [-0.25, -0.2) is 4.98 Å². The molecule has 2 heterocycles. The quantitative estimate of drug-likeness (QED) is 0.898. The van der Waals surface area contributed by atoms with Crippen molar-refractivity contribution in [2.45, 2.75) is 33.6 Å². The first-order chi connectivity index (χ1) is 9.61. The molecule has 1 aromatic heterocycles. The molecule has 1 fully saturated rings.